The molecule has 5 heteroatoms. The van der Waals surface area contributed by atoms with Crippen molar-refractivity contribution < 1.29 is 8.83 Å². The van der Waals surface area contributed by atoms with Crippen LogP contribution in [0.1, 0.15) is 49.9 Å². The predicted molar refractivity (Wildman–Crippen MR) is 216 cm³/mol. The quantitative estimate of drug-likeness (QED) is 0.183. The van der Waals surface area contributed by atoms with Gasteiger partial charge in [-0.05, 0) is 103 Å². The van der Waals surface area contributed by atoms with Crippen LogP contribution in [0, 0.1) is 0 Å². The fourth-order valence-electron chi connectivity index (χ4n) is 8.84. The SMILES string of the molecule is CC1(C)c2ccccc2-c2ccc(-c3ccc(-c4nc5nc6nc(-c7ccc(-c8ccc9c(c8)C(C)(C)c8ccccc8-9)cc7)oc6cc5o4)cc3)cc21. The van der Waals surface area contributed by atoms with E-state index >= 15 is 0 Å². The normalized spacial score (nSPS) is 14.6. The van der Waals surface area contributed by atoms with Crippen LogP contribution >= 0.6 is 0 Å². The largest absolute Gasteiger partial charge is 0.434 e. The zero-order chi connectivity index (χ0) is 36.3. The number of nitrogens with zero attached hydrogens (tertiary/aromatic N) is 3. The van der Waals surface area contributed by atoms with Crippen molar-refractivity contribution in [2.45, 2.75) is 38.5 Å². The lowest BCUT2D eigenvalue weighted by atomic mass is 9.81. The molecule has 258 valence electrons. The molecule has 0 radical (unpaired) electrons. The molecule has 2 aliphatic rings. The van der Waals surface area contributed by atoms with E-state index in [-0.39, 0.29) is 10.8 Å². The van der Waals surface area contributed by atoms with Gasteiger partial charge in [0.25, 0.3) is 0 Å². The van der Waals surface area contributed by atoms with E-state index in [9.17, 15) is 0 Å². The third-order valence-corrected chi connectivity index (χ3v) is 11.8. The standard InChI is InChI=1S/C49H35N3O2/c1-48(2)38-11-7-5-9-34(38)36-23-21-32(25-40(36)48)28-13-17-30(18-14-28)46-51-44-42(53-46)27-43-45(50-44)52-47(54-43)31-19-15-29(16-20-31)33-22-24-37-35-10-6-8-12-39(35)49(3,4)41(37)26-33/h5-27H,1-4H3. The molecule has 54 heavy (non-hydrogen) atoms. The fraction of sp³-hybridized carbons (Fsp3) is 0.122. The first-order valence-electron chi connectivity index (χ1n) is 18.5. The molecule has 0 atom stereocenters. The Bertz CT molecular complexity index is 2730. The maximum Gasteiger partial charge on any atom is 0.228 e. The summed E-state index contributed by atoms with van der Waals surface area (Å²) < 4.78 is 12.4. The molecule has 3 heterocycles. The highest BCUT2D eigenvalue weighted by Crippen LogP contribution is 2.51. The number of hydrogen-bond donors (Lipinski definition) is 0. The molecule has 11 rings (SSSR count). The van der Waals surface area contributed by atoms with Crippen molar-refractivity contribution >= 4 is 22.5 Å². The first kappa shape index (κ1) is 31.0. The van der Waals surface area contributed by atoms with Crippen LogP contribution < -0.4 is 0 Å². The smallest absolute Gasteiger partial charge is 0.228 e. The van der Waals surface area contributed by atoms with Crippen LogP contribution in [-0.2, 0) is 10.8 Å². The minimum absolute atomic E-state index is 0.0402. The van der Waals surface area contributed by atoms with Crippen LogP contribution in [0.2, 0.25) is 0 Å². The highest BCUT2D eigenvalue weighted by atomic mass is 16.4. The highest BCUT2D eigenvalue weighted by Gasteiger charge is 2.36. The molecule has 0 bridgehead atoms. The van der Waals surface area contributed by atoms with Gasteiger partial charge >= 0.3 is 0 Å². The van der Waals surface area contributed by atoms with Gasteiger partial charge in [0, 0.05) is 28.0 Å². The van der Waals surface area contributed by atoms with Crippen molar-refractivity contribution in [1.29, 1.82) is 0 Å². The van der Waals surface area contributed by atoms with E-state index in [2.05, 4.69) is 161 Å². The summed E-state index contributed by atoms with van der Waals surface area (Å²) in [4.78, 5) is 14.2. The zero-order valence-electron chi connectivity index (χ0n) is 30.4. The molecule has 0 fully saturated rings. The highest BCUT2D eigenvalue weighted by molar-refractivity contribution is 5.87. The third kappa shape index (κ3) is 4.48. The summed E-state index contributed by atoms with van der Waals surface area (Å²) in [6, 6.07) is 49.7. The average molecular weight is 698 g/mol. The van der Waals surface area contributed by atoms with Crippen LogP contribution in [0.15, 0.2) is 148 Å². The molecule has 3 aromatic heterocycles. The van der Waals surface area contributed by atoms with Gasteiger partial charge in [0.05, 0.1) is 0 Å². The Kier molecular flexibility index (Phi) is 6.29. The summed E-state index contributed by atoms with van der Waals surface area (Å²) in [6.07, 6.45) is 0. The van der Waals surface area contributed by atoms with Gasteiger partial charge < -0.3 is 8.83 Å². The Hall–Kier alpha value is -6.59. The summed E-state index contributed by atoms with van der Waals surface area (Å²) in [5.74, 6) is 1.02. The Balaban J connectivity index is 0.845. The minimum Gasteiger partial charge on any atom is -0.434 e. The van der Waals surface area contributed by atoms with Crippen molar-refractivity contribution in [1.82, 2.24) is 15.0 Å². The maximum absolute atomic E-state index is 6.22. The predicted octanol–water partition coefficient (Wildman–Crippen LogP) is 12.6. The van der Waals surface area contributed by atoms with Crippen molar-refractivity contribution in [3.63, 3.8) is 0 Å². The second kappa shape index (κ2) is 11.0. The van der Waals surface area contributed by atoms with Crippen LogP contribution in [0.25, 0.3) is 89.9 Å². The van der Waals surface area contributed by atoms with E-state index in [4.69, 9.17) is 23.8 Å². The fourth-order valence-corrected chi connectivity index (χ4v) is 8.84. The average Bonchev–Trinajstić information content (AvgIpc) is 3.93. The Labute approximate surface area is 313 Å². The number of benzene rings is 6. The summed E-state index contributed by atoms with van der Waals surface area (Å²) in [5, 5.41) is 0. The first-order chi connectivity index (χ1) is 26.2. The lowest BCUT2D eigenvalue weighted by Crippen LogP contribution is -2.14. The maximum atomic E-state index is 6.22. The van der Waals surface area contributed by atoms with Crippen LogP contribution in [0.4, 0.5) is 0 Å². The van der Waals surface area contributed by atoms with Crippen LogP contribution in [0.5, 0.6) is 0 Å². The molecule has 0 saturated carbocycles. The van der Waals surface area contributed by atoms with Gasteiger partial charge in [0.1, 0.15) is 0 Å². The molecule has 0 amide bonds. The monoisotopic (exact) mass is 697 g/mol. The molecule has 5 nitrogen and oxygen atoms in total. The van der Waals surface area contributed by atoms with Crippen molar-refractivity contribution in [3.05, 3.63) is 162 Å². The number of fused-ring (bicyclic) bond motifs is 8. The zero-order valence-corrected chi connectivity index (χ0v) is 30.4. The van der Waals surface area contributed by atoms with E-state index in [1.54, 1.807) is 0 Å². The van der Waals surface area contributed by atoms with E-state index < -0.39 is 0 Å². The second-order valence-electron chi connectivity index (χ2n) is 15.7. The number of pyridine rings is 1. The van der Waals surface area contributed by atoms with Crippen LogP contribution in [-0.4, -0.2) is 15.0 Å². The molecule has 0 saturated heterocycles. The number of oxazole rings is 2. The van der Waals surface area contributed by atoms with Gasteiger partial charge in [-0.2, -0.15) is 9.97 Å². The van der Waals surface area contributed by atoms with Gasteiger partial charge in [-0.15, -0.1) is 0 Å². The molecule has 6 aromatic carbocycles. The van der Waals surface area contributed by atoms with Crippen molar-refractivity contribution in [3.8, 4) is 67.4 Å². The Morgan fingerprint density at radius 2 is 0.722 bits per heavy atom. The first-order valence-corrected chi connectivity index (χ1v) is 18.5. The second-order valence-corrected chi connectivity index (χ2v) is 15.7. The van der Waals surface area contributed by atoms with E-state index in [1.807, 2.05) is 6.07 Å². The summed E-state index contributed by atoms with van der Waals surface area (Å²) in [7, 11) is 0. The summed E-state index contributed by atoms with van der Waals surface area (Å²) in [6.45, 7) is 9.24. The lowest BCUT2D eigenvalue weighted by Gasteiger charge is -2.22. The van der Waals surface area contributed by atoms with Gasteiger partial charge in [-0.1, -0.05) is 125 Å². The van der Waals surface area contributed by atoms with Gasteiger partial charge in [-0.3, -0.25) is 0 Å². The van der Waals surface area contributed by atoms with E-state index in [1.165, 1.54) is 55.6 Å². The molecule has 0 spiro atoms. The molecule has 0 N–H and O–H groups in total. The number of hydrogen-bond acceptors (Lipinski definition) is 5. The number of aromatic nitrogens is 3. The van der Waals surface area contributed by atoms with Gasteiger partial charge in [-0.25, -0.2) is 4.98 Å². The summed E-state index contributed by atoms with van der Waals surface area (Å²) >= 11 is 0. The minimum atomic E-state index is -0.0402. The lowest BCUT2D eigenvalue weighted by molar-refractivity contribution is 0.609. The van der Waals surface area contributed by atoms with Gasteiger partial charge in [0.15, 0.2) is 11.2 Å². The number of rotatable bonds is 4. The molecular formula is C49H35N3O2. The topological polar surface area (TPSA) is 65.0 Å². The molecule has 0 unspecified atom stereocenters. The Morgan fingerprint density at radius 3 is 1.17 bits per heavy atom. The van der Waals surface area contributed by atoms with Crippen molar-refractivity contribution in [2.24, 2.45) is 0 Å². The molecule has 2 aliphatic carbocycles. The van der Waals surface area contributed by atoms with Gasteiger partial charge in [0.2, 0.25) is 23.1 Å². The third-order valence-electron chi connectivity index (χ3n) is 11.8. The van der Waals surface area contributed by atoms with E-state index in [0.29, 0.717) is 34.2 Å². The van der Waals surface area contributed by atoms with Crippen LogP contribution in [0.3, 0.4) is 0 Å². The molecule has 0 aliphatic heterocycles. The summed E-state index contributed by atoms with van der Waals surface area (Å²) in [5.41, 5.74) is 19.3. The Morgan fingerprint density at radius 1 is 0.352 bits per heavy atom. The van der Waals surface area contributed by atoms with Crippen molar-refractivity contribution in [2.75, 3.05) is 0 Å². The molecular weight excluding hydrogens is 663 g/mol. The van der Waals surface area contributed by atoms with E-state index in [0.717, 1.165) is 22.3 Å². The molecule has 9 aromatic rings.